The lowest BCUT2D eigenvalue weighted by Crippen LogP contribution is -2.28. The monoisotopic (exact) mass is 319 g/mol. The highest BCUT2D eigenvalue weighted by Gasteiger charge is 2.42. The third-order valence-corrected chi connectivity index (χ3v) is 1.99. The summed E-state index contributed by atoms with van der Waals surface area (Å²) in [5, 5.41) is 0. The third kappa shape index (κ3) is 4.39. The number of pyridine rings is 1. The summed E-state index contributed by atoms with van der Waals surface area (Å²) in [5.74, 6) is -3.22. The molecule has 0 saturated heterocycles. The molecule has 1 rings (SSSR count). The summed E-state index contributed by atoms with van der Waals surface area (Å²) >= 11 is 0. The smallest absolute Gasteiger partial charge is 0.461 e. The molecule has 0 saturated carbocycles. The zero-order valence-electron chi connectivity index (χ0n) is 10.2. The van der Waals surface area contributed by atoms with Gasteiger partial charge in [-0.3, -0.25) is 4.79 Å². The van der Waals surface area contributed by atoms with E-state index in [2.05, 4.69) is 9.47 Å². The predicted molar refractivity (Wildman–Crippen MR) is 54.7 cm³/mol. The van der Waals surface area contributed by atoms with E-state index in [0.29, 0.717) is 0 Å². The van der Waals surface area contributed by atoms with Gasteiger partial charge >= 0.3 is 18.5 Å². The molecular weight excluding hydrogens is 312 g/mol. The van der Waals surface area contributed by atoms with Crippen molar-refractivity contribution in [1.29, 1.82) is 0 Å². The highest BCUT2D eigenvalue weighted by atomic mass is 19.4. The van der Waals surface area contributed by atoms with E-state index in [1.807, 2.05) is 0 Å². The van der Waals surface area contributed by atoms with Gasteiger partial charge in [0, 0.05) is 6.07 Å². The highest BCUT2D eigenvalue weighted by Crippen LogP contribution is 2.35. The quantitative estimate of drug-likeness (QED) is 0.686. The lowest BCUT2D eigenvalue weighted by molar-refractivity contribution is -0.278. The van der Waals surface area contributed by atoms with Crippen molar-refractivity contribution in [2.75, 3.05) is 6.61 Å². The van der Waals surface area contributed by atoms with Crippen LogP contribution in [-0.4, -0.2) is 23.9 Å². The molecule has 0 atom stereocenters. The molecule has 0 spiro atoms. The SMILES string of the molecule is CCOC(=O)c1cc(=O)c(C(F)(F)F)c(OC(F)(F)F)[nH]1. The molecule has 0 unspecified atom stereocenters. The van der Waals surface area contributed by atoms with Gasteiger partial charge in [-0.05, 0) is 6.92 Å². The van der Waals surface area contributed by atoms with Crippen molar-refractivity contribution in [3.8, 4) is 5.88 Å². The molecule has 21 heavy (non-hydrogen) atoms. The molecular formula is C10H7F6NO4. The van der Waals surface area contributed by atoms with Crippen LogP contribution in [0.15, 0.2) is 10.9 Å². The average Bonchev–Trinajstić information content (AvgIpc) is 2.24. The molecule has 0 radical (unpaired) electrons. The van der Waals surface area contributed by atoms with E-state index in [9.17, 15) is 35.9 Å². The largest absolute Gasteiger partial charge is 0.574 e. The van der Waals surface area contributed by atoms with Crippen LogP contribution in [0.4, 0.5) is 26.3 Å². The number of ether oxygens (including phenoxy) is 2. The van der Waals surface area contributed by atoms with Gasteiger partial charge in [-0.2, -0.15) is 13.2 Å². The Bertz CT molecular complexity index is 589. The van der Waals surface area contributed by atoms with E-state index in [-0.39, 0.29) is 12.7 Å². The molecule has 1 N–H and O–H groups in total. The second kappa shape index (κ2) is 5.66. The fraction of sp³-hybridized carbons (Fsp3) is 0.400. The average molecular weight is 319 g/mol. The number of esters is 1. The minimum atomic E-state index is -5.49. The van der Waals surface area contributed by atoms with E-state index >= 15 is 0 Å². The van der Waals surface area contributed by atoms with Gasteiger partial charge in [-0.25, -0.2) is 4.79 Å². The molecule has 0 amide bonds. The van der Waals surface area contributed by atoms with Crippen molar-refractivity contribution in [2.45, 2.75) is 19.5 Å². The van der Waals surface area contributed by atoms with E-state index in [0.717, 1.165) is 0 Å². The minimum Gasteiger partial charge on any atom is -0.461 e. The lowest BCUT2D eigenvalue weighted by atomic mass is 10.2. The van der Waals surface area contributed by atoms with Crippen LogP contribution in [-0.2, 0) is 10.9 Å². The number of nitrogens with one attached hydrogen (secondary N) is 1. The fourth-order valence-electron chi connectivity index (χ4n) is 1.32. The Kier molecular flexibility index (Phi) is 4.54. The fourth-order valence-corrected chi connectivity index (χ4v) is 1.32. The van der Waals surface area contributed by atoms with Gasteiger partial charge in [-0.1, -0.05) is 0 Å². The van der Waals surface area contributed by atoms with Gasteiger partial charge in [0.15, 0.2) is 11.0 Å². The zero-order valence-corrected chi connectivity index (χ0v) is 10.2. The second-order valence-corrected chi connectivity index (χ2v) is 3.52. The van der Waals surface area contributed by atoms with E-state index in [1.165, 1.54) is 11.9 Å². The van der Waals surface area contributed by atoms with Crippen molar-refractivity contribution < 1.29 is 40.6 Å². The van der Waals surface area contributed by atoms with Crippen LogP contribution < -0.4 is 10.2 Å². The Labute approximate surface area is 112 Å². The maximum absolute atomic E-state index is 12.6. The summed E-state index contributed by atoms with van der Waals surface area (Å²) in [6, 6.07) is 0.185. The molecule has 0 aliphatic rings. The number of hydrogen-bond acceptors (Lipinski definition) is 4. The Morgan fingerprint density at radius 2 is 1.81 bits per heavy atom. The number of hydrogen-bond donors (Lipinski definition) is 1. The van der Waals surface area contributed by atoms with Gasteiger partial charge in [0.05, 0.1) is 6.61 Å². The van der Waals surface area contributed by atoms with Crippen LogP contribution in [0.3, 0.4) is 0 Å². The number of alkyl halides is 6. The van der Waals surface area contributed by atoms with Crippen molar-refractivity contribution in [2.24, 2.45) is 0 Å². The van der Waals surface area contributed by atoms with Crippen LogP contribution >= 0.6 is 0 Å². The summed E-state index contributed by atoms with van der Waals surface area (Å²) in [4.78, 5) is 24.0. The summed E-state index contributed by atoms with van der Waals surface area (Å²) in [5.41, 5.74) is -4.95. The standard InChI is InChI=1S/C10H7F6NO4/c1-2-20-8(19)4-3-5(18)6(9(11,12)13)7(17-4)21-10(14,15)16/h3H,2H2,1H3,(H,17,18). The van der Waals surface area contributed by atoms with Crippen LogP contribution in [0.5, 0.6) is 5.88 Å². The highest BCUT2D eigenvalue weighted by molar-refractivity contribution is 5.87. The molecule has 0 aromatic carbocycles. The lowest BCUT2D eigenvalue weighted by Gasteiger charge is -2.15. The molecule has 5 nitrogen and oxygen atoms in total. The van der Waals surface area contributed by atoms with Gasteiger partial charge in [0.25, 0.3) is 0 Å². The summed E-state index contributed by atoms with van der Waals surface area (Å²) in [7, 11) is 0. The number of aromatic amines is 1. The minimum absolute atomic E-state index is 0.185. The molecule has 1 aromatic heterocycles. The van der Waals surface area contributed by atoms with Crippen LogP contribution in [0.25, 0.3) is 0 Å². The molecule has 1 aromatic rings. The first-order valence-electron chi connectivity index (χ1n) is 5.23. The molecule has 0 fully saturated rings. The number of H-pyrrole nitrogens is 1. The van der Waals surface area contributed by atoms with E-state index in [1.54, 1.807) is 0 Å². The first-order valence-corrected chi connectivity index (χ1v) is 5.23. The molecule has 0 aliphatic heterocycles. The van der Waals surface area contributed by atoms with Crippen LogP contribution in [0.2, 0.25) is 0 Å². The maximum atomic E-state index is 12.6. The van der Waals surface area contributed by atoms with Crippen LogP contribution in [0, 0.1) is 0 Å². The maximum Gasteiger partial charge on any atom is 0.574 e. The van der Waals surface area contributed by atoms with Crippen LogP contribution in [0.1, 0.15) is 23.0 Å². The Morgan fingerprint density at radius 3 is 2.24 bits per heavy atom. The first kappa shape index (κ1) is 16.9. The molecule has 118 valence electrons. The summed E-state index contributed by atoms with van der Waals surface area (Å²) in [6.07, 6.45) is -10.9. The van der Waals surface area contributed by atoms with Gasteiger partial charge in [0.1, 0.15) is 5.69 Å². The second-order valence-electron chi connectivity index (χ2n) is 3.52. The van der Waals surface area contributed by atoms with Crippen molar-refractivity contribution >= 4 is 5.97 Å². The Hall–Kier alpha value is -2.20. The third-order valence-electron chi connectivity index (χ3n) is 1.99. The molecule has 0 bridgehead atoms. The van der Waals surface area contributed by atoms with Crippen molar-refractivity contribution in [3.63, 3.8) is 0 Å². The number of aromatic nitrogens is 1. The number of halogens is 6. The predicted octanol–water partition coefficient (Wildman–Crippen LogP) is 2.47. The van der Waals surface area contributed by atoms with E-state index in [4.69, 9.17) is 0 Å². The van der Waals surface area contributed by atoms with Crippen molar-refractivity contribution in [3.05, 3.63) is 27.5 Å². The topological polar surface area (TPSA) is 68.4 Å². The number of carbonyl (C=O) groups is 1. The summed E-state index contributed by atoms with van der Waals surface area (Å²) < 4.78 is 81.5. The van der Waals surface area contributed by atoms with Crippen molar-refractivity contribution in [1.82, 2.24) is 4.98 Å². The normalized spacial score (nSPS) is 12.1. The Balaban J connectivity index is 3.47. The number of rotatable bonds is 3. The van der Waals surface area contributed by atoms with Gasteiger partial charge in [0.2, 0.25) is 5.88 Å². The molecule has 0 aliphatic carbocycles. The van der Waals surface area contributed by atoms with Gasteiger partial charge in [-0.15, -0.1) is 13.2 Å². The first-order chi connectivity index (χ1) is 9.45. The Morgan fingerprint density at radius 1 is 1.24 bits per heavy atom. The summed E-state index contributed by atoms with van der Waals surface area (Å²) in [6.45, 7) is 1.16. The van der Waals surface area contributed by atoms with Gasteiger partial charge < -0.3 is 14.5 Å². The molecule has 11 heteroatoms. The number of carbonyl (C=O) groups excluding carboxylic acids is 1. The molecule has 1 heterocycles. The zero-order chi connectivity index (χ0) is 16.4. The van der Waals surface area contributed by atoms with E-state index < -0.39 is 41.1 Å².